The van der Waals surface area contributed by atoms with E-state index in [0.717, 1.165) is 6.42 Å². The van der Waals surface area contributed by atoms with Gasteiger partial charge in [0, 0.05) is 11.9 Å². The Hall–Kier alpha value is -1.95. The van der Waals surface area contributed by atoms with Gasteiger partial charge in [0.2, 0.25) is 0 Å². The van der Waals surface area contributed by atoms with Gasteiger partial charge in [0.05, 0.1) is 6.10 Å². The standard InChI is InChI=1S/C13H17N3O3/c1-7-5-8(2)19-11(7)13(18)16-9-3-4-15-10(6-9)12(14)17/h3-4,6-8,11H,5H2,1-2H3,(H2,14,17)(H,15,16,18). The molecule has 0 aromatic carbocycles. The van der Waals surface area contributed by atoms with Crippen molar-refractivity contribution in [2.45, 2.75) is 32.5 Å². The maximum atomic E-state index is 12.1. The Morgan fingerprint density at radius 3 is 2.79 bits per heavy atom. The van der Waals surface area contributed by atoms with Gasteiger partial charge in [-0.25, -0.2) is 0 Å². The molecule has 2 heterocycles. The summed E-state index contributed by atoms with van der Waals surface area (Å²) in [5.41, 5.74) is 5.74. The van der Waals surface area contributed by atoms with Crippen LogP contribution in [0.2, 0.25) is 0 Å². The van der Waals surface area contributed by atoms with Crippen LogP contribution in [-0.4, -0.2) is 29.0 Å². The van der Waals surface area contributed by atoms with Crippen LogP contribution in [0.25, 0.3) is 0 Å². The van der Waals surface area contributed by atoms with Crippen LogP contribution in [0.1, 0.15) is 30.8 Å². The zero-order valence-corrected chi connectivity index (χ0v) is 10.9. The van der Waals surface area contributed by atoms with Crippen molar-refractivity contribution in [2.24, 2.45) is 11.7 Å². The number of rotatable bonds is 3. The number of anilines is 1. The van der Waals surface area contributed by atoms with E-state index in [2.05, 4.69) is 10.3 Å². The molecule has 6 heteroatoms. The summed E-state index contributed by atoms with van der Waals surface area (Å²) in [7, 11) is 0. The number of amides is 2. The molecular formula is C13H17N3O3. The number of primary amides is 1. The first-order valence-electron chi connectivity index (χ1n) is 6.19. The smallest absolute Gasteiger partial charge is 0.267 e. The highest BCUT2D eigenvalue weighted by Crippen LogP contribution is 2.26. The molecule has 1 aromatic heterocycles. The summed E-state index contributed by atoms with van der Waals surface area (Å²) in [6, 6.07) is 3.05. The van der Waals surface area contributed by atoms with Crippen LogP contribution in [0.4, 0.5) is 5.69 Å². The van der Waals surface area contributed by atoms with Gasteiger partial charge in [-0.05, 0) is 31.4 Å². The topological polar surface area (TPSA) is 94.3 Å². The van der Waals surface area contributed by atoms with Crippen LogP contribution in [0.3, 0.4) is 0 Å². The lowest BCUT2D eigenvalue weighted by atomic mass is 10.0. The summed E-state index contributed by atoms with van der Waals surface area (Å²) < 4.78 is 5.57. The van der Waals surface area contributed by atoms with E-state index in [-0.39, 0.29) is 23.6 Å². The summed E-state index contributed by atoms with van der Waals surface area (Å²) in [6.07, 6.45) is 1.92. The Labute approximate surface area is 111 Å². The molecule has 102 valence electrons. The van der Waals surface area contributed by atoms with Crippen molar-refractivity contribution in [1.29, 1.82) is 0 Å². The normalized spacial score (nSPS) is 26.1. The average Bonchev–Trinajstić information content (AvgIpc) is 2.69. The third-order valence-corrected chi connectivity index (χ3v) is 3.14. The Bertz CT molecular complexity index is 504. The molecule has 19 heavy (non-hydrogen) atoms. The number of carbonyl (C=O) groups is 2. The molecule has 2 amide bonds. The van der Waals surface area contributed by atoms with Crippen LogP contribution >= 0.6 is 0 Å². The molecule has 3 atom stereocenters. The Morgan fingerprint density at radius 1 is 1.47 bits per heavy atom. The number of pyridine rings is 1. The summed E-state index contributed by atoms with van der Waals surface area (Å²) in [6.45, 7) is 3.93. The quantitative estimate of drug-likeness (QED) is 0.848. The molecule has 0 spiro atoms. The zero-order valence-electron chi connectivity index (χ0n) is 10.9. The summed E-state index contributed by atoms with van der Waals surface area (Å²) >= 11 is 0. The Balaban J connectivity index is 2.07. The van der Waals surface area contributed by atoms with E-state index in [9.17, 15) is 9.59 Å². The van der Waals surface area contributed by atoms with Gasteiger partial charge >= 0.3 is 0 Å². The van der Waals surface area contributed by atoms with Crippen molar-refractivity contribution in [3.8, 4) is 0 Å². The van der Waals surface area contributed by atoms with Crippen LogP contribution in [0, 0.1) is 5.92 Å². The number of nitrogens with two attached hydrogens (primary N) is 1. The van der Waals surface area contributed by atoms with Gasteiger partial charge in [0.25, 0.3) is 11.8 Å². The molecule has 1 aliphatic heterocycles. The number of nitrogens with one attached hydrogen (secondary N) is 1. The van der Waals surface area contributed by atoms with Crippen molar-refractivity contribution in [3.05, 3.63) is 24.0 Å². The zero-order chi connectivity index (χ0) is 14.0. The maximum Gasteiger partial charge on any atom is 0.267 e. The predicted octanol–water partition coefficient (Wildman–Crippen LogP) is 0.932. The second kappa shape index (κ2) is 5.36. The largest absolute Gasteiger partial charge is 0.365 e. The van der Waals surface area contributed by atoms with Gasteiger partial charge in [-0.15, -0.1) is 0 Å². The predicted molar refractivity (Wildman–Crippen MR) is 69.5 cm³/mol. The molecule has 6 nitrogen and oxygen atoms in total. The van der Waals surface area contributed by atoms with E-state index in [1.165, 1.54) is 12.3 Å². The maximum absolute atomic E-state index is 12.1. The van der Waals surface area contributed by atoms with Crippen molar-refractivity contribution >= 4 is 17.5 Å². The van der Waals surface area contributed by atoms with E-state index >= 15 is 0 Å². The van der Waals surface area contributed by atoms with Crippen molar-refractivity contribution < 1.29 is 14.3 Å². The molecule has 3 N–H and O–H groups in total. The number of nitrogens with zero attached hydrogens (tertiary/aromatic N) is 1. The molecule has 1 saturated heterocycles. The first-order chi connectivity index (χ1) is 8.97. The molecule has 0 saturated carbocycles. The fourth-order valence-corrected chi connectivity index (χ4v) is 2.26. The van der Waals surface area contributed by atoms with Gasteiger partial charge in [0.1, 0.15) is 11.8 Å². The van der Waals surface area contributed by atoms with Crippen molar-refractivity contribution in [1.82, 2.24) is 4.98 Å². The average molecular weight is 263 g/mol. The van der Waals surface area contributed by atoms with Crippen LogP contribution in [0.15, 0.2) is 18.3 Å². The molecule has 2 rings (SSSR count). The molecule has 1 fully saturated rings. The van der Waals surface area contributed by atoms with Gasteiger partial charge in [0.15, 0.2) is 0 Å². The highest BCUT2D eigenvalue weighted by atomic mass is 16.5. The highest BCUT2D eigenvalue weighted by Gasteiger charge is 2.34. The van der Waals surface area contributed by atoms with Crippen molar-refractivity contribution in [3.63, 3.8) is 0 Å². The van der Waals surface area contributed by atoms with E-state index in [4.69, 9.17) is 10.5 Å². The first-order valence-corrected chi connectivity index (χ1v) is 6.19. The monoisotopic (exact) mass is 263 g/mol. The number of hydrogen-bond donors (Lipinski definition) is 2. The molecule has 0 bridgehead atoms. The van der Waals surface area contributed by atoms with Crippen LogP contribution in [-0.2, 0) is 9.53 Å². The van der Waals surface area contributed by atoms with Gasteiger partial charge in [-0.2, -0.15) is 0 Å². The second-order valence-corrected chi connectivity index (χ2v) is 4.86. The van der Waals surface area contributed by atoms with E-state index < -0.39 is 12.0 Å². The fourth-order valence-electron chi connectivity index (χ4n) is 2.26. The minimum absolute atomic E-state index is 0.0874. The lowest BCUT2D eigenvalue weighted by Gasteiger charge is -2.15. The highest BCUT2D eigenvalue weighted by molar-refractivity contribution is 5.96. The minimum atomic E-state index is -0.629. The summed E-state index contributed by atoms with van der Waals surface area (Å²) in [5.74, 6) is -0.666. The molecule has 0 aliphatic carbocycles. The SMILES string of the molecule is CC1CC(C)C(C(=O)Nc2ccnc(C(N)=O)c2)O1. The summed E-state index contributed by atoms with van der Waals surface area (Å²) in [5, 5.41) is 2.72. The van der Waals surface area contributed by atoms with E-state index in [1.807, 2.05) is 13.8 Å². The number of ether oxygens (including phenoxy) is 1. The van der Waals surface area contributed by atoms with E-state index in [1.54, 1.807) is 6.07 Å². The van der Waals surface area contributed by atoms with Gasteiger partial charge < -0.3 is 15.8 Å². The van der Waals surface area contributed by atoms with Gasteiger partial charge in [-0.1, -0.05) is 6.92 Å². The lowest BCUT2D eigenvalue weighted by Crippen LogP contribution is -2.31. The Morgan fingerprint density at radius 2 is 2.21 bits per heavy atom. The summed E-state index contributed by atoms with van der Waals surface area (Å²) in [4.78, 5) is 26.9. The first kappa shape index (κ1) is 13.5. The Kier molecular flexibility index (Phi) is 3.80. The third kappa shape index (κ3) is 3.08. The third-order valence-electron chi connectivity index (χ3n) is 3.14. The molecule has 1 aromatic rings. The van der Waals surface area contributed by atoms with E-state index in [0.29, 0.717) is 5.69 Å². The second-order valence-electron chi connectivity index (χ2n) is 4.86. The lowest BCUT2D eigenvalue weighted by molar-refractivity contribution is -0.127. The number of aromatic nitrogens is 1. The molecule has 3 unspecified atom stereocenters. The minimum Gasteiger partial charge on any atom is -0.365 e. The molecule has 1 aliphatic rings. The molecule has 0 radical (unpaired) electrons. The molecular weight excluding hydrogens is 246 g/mol. The van der Waals surface area contributed by atoms with Crippen LogP contribution in [0.5, 0.6) is 0 Å². The van der Waals surface area contributed by atoms with Gasteiger partial charge in [-0.3, -0.25) is 14.6 Å². The van der Waals surface area contributed by atoms with Crippen LogP contribution < -0.4 is 11.1 Å². The fraction of sp³-hybridized carbons (Fsp3) is 0.462. The number of hydrogen-bond acceptors (Lipinski definition) is 4. The van der Waals surface area contributed by atoms with Crippen molar-refractivity contribution in [2.75, 3.05) is 5.32 Å². The number of carbonyl (C=O) groups excluding carboxylic acids is 2.